The van der Waals surface area contributed by atoms with Gasteiger partial charge in [-0.3, -0.25) is 4.79 Å². The summed E-state index contributed by atoms with van der Waals surface area (Å²) in [6.07, 6.45) is -1.73. The lowest BCUT2D eigenvalue weighted by molar-refractivity contribution is -0.131. The normalized spacial score (nSPS) is 14.0. The summed E-state index contributed by atoms with van der Waals surface area (Å²) in [5, 5.41) is 15.6. The molecule has 1 aromatic rings. The number of hydrogen-bond donors (Lipinski definition) is 3. The van der Waals surface area contributed by atoms with E-state index in [9.17, 15) is 14.7 Å². The smallest absolute Gasteiger partial charge is 0.407 e. The largest absolute Gasteiger partial charge is 0.444 e. The summed E-state index contributed by atoms with van der Waals surface area (Å²) in [6.45, 7) is 8.86. The van der Waals surface area contributed by atoms with Crippen molar-refractivity contribution >= 4 is 12.0 Å². The first-order chi connectivity index (χ1) is 11.1. The lowest BCUT2D eigenvalue weighted by atomic mass is 10.0. The van der Waals surface area contributed by atoms with Crippen LogP contribution in [-0.4, -0.2) is 40.9 Å². The van der Waals surface area contributed by atoms with Crippen molar-refractivity contribution in [1.29, 1.82) is 0 Å². The molecule has 0 spiro atoms. The Morgan fingerprint density at radius 1 is 1.12 bits per heavy atom. The quantitative estimate of drug-likeness (QED) is 0.741. The number of hydrogen-bond acceptors (Lipinski definition) is 4. The summed E-state index contributed by atoms with van der Waals surface area (Å²) in [5.41, 5.74) is 0.238. The number of carbonyl (C=O) groups is 2. The van der Waals surface area contributed by atoms with Crippen LogP contribution in [0.3, 0.4) is 0 Å². The molecule has 0 aromatic heterocycles. The van der Waals surface area contributed by atoms with E-state index in [0.29, 0.717) is 6.42 Å². The van der Waals surface area contributed by atoms with Gasteiger partial charge >= 0.3 is 6.09 Å². The van der Waals surface area contributed by atoms with Gasteiger partial charge in [-0.05, 0) is 46.6 Å². The van der Waals surface area contributed by atoms with Crippen molar-refractivity contribution in [2.75, 3.05) is 0 Å². The molecule has 0 heterocycles. The van der Waals surface area contributed by atoms with Crippen molar-refractivity contribution in [2.45, 2.75) is 64.8 Å². The van der Waals surface area contributed by atoms with Gasteiger partial charge in [0.1, 0.15) is 5.60 Å². The molecule has 6 nitrogen and oxygen atoms in total. The van der Waals surface area contributed by atoms with Crippen molar-refractivity contribution in [3.8, 4) is 0 Å². The van der Waals surface area contributed by atoms with Gasteiger partial charge in [-0.1, -0.05) is 30.3 Å². The summed E-state index contributed by atoms with van der Waals surface area (Å²) in [7, 11) is 0. The van der Waals surface area contributed by atoms with E-state index in [0.717, 1.165) is 5.56 Å². The molecule has 24 heavy (non-hydrogen) atoms. The zero-order valence-corrected chi connectivity index (χ0v) is 15.0. The minimum absolute atomic E-state index is 0.106. The molecule has 0 fully saturated rings. The second-order valence-corrected chi connectivity index (χ2v) is 7.05. The van der Waals surface area contributed by atoms with Gasteiger partial charge in [-0.2, -0.15) is 0 Å². The molecule has 0 radical (unpaired) electrons. The third-order valence-corrected chi connectivity index (χ3v) is 3.08. The minimum Gasteiger partial charge on any atom is -0.444 e. The molecule has 0 aliphatic carbocycles. The molecule has 6 heteroatoms. The second-order valence-electron chi connectivity index (χ2n) is 7.05. The van der Waals surface area contributed by atoms with Gasteiger partial charge in [0.15, 0.2) is 6.10 Å². The first-order valence-electron chi connectivity index (χ1n) is 8.10. The zero-order chi connectivity index (χ0) is 18.3. The molecule has 2 atom stereocenters. The second kappa shape index (κ2) is 8.68. The molecule has 0 aliphatic heterocycles. The number of ether oxygens (including phenoxy) is 1. The Hall–Kier alpha value is -2.08. The molecule has 1 rings (SSSR count). The van der Waals surface area contributed by atoms with E-state index < -0.39 is 29.7 Å². The van der Waals surface area contributed by atoms with Gasteiger partial charge in [-0.15, -0.1) is 0 Å². The monoisotopic (exact) mass is 336 g/mol. The summed E-state index contributed by atoms with van der Waals surface area (Å²) < 4.78 is 5.22. The molecule has 3 N–H and O–H groups in total. The summed E-state index contributed by atoms with van der Waals surface area (Å²) >= 11 is 0. The topological polar surface area (TPSA) is 87.7 Å². The van der Waals surface area contributed by atoms with Crippen LogP contribution in [-0.2, 0) is 16.0 Å². The highest BCUT2D eigenvalue weighted by Crippen LogP contribution is 2.10. The maximum Gasteiger partial charge on any atom is 0.407 e. The molecule has 0 aliphatic rings. The van der Waals surface area contributed by atoms with E-state index in [-0.39, 0.29) is 6.04 Å². The standard InChI is InChI=1S/C18H28N2O4/c1-12(2)19-16(22)15(21)14(11-13-9-7-6-8-10-13)20-17(23)24-18(3,4)5/h6-10,12,14-15,21H,11H2,1-5H3,(H,19,22)(H,20,23)/t14-,15?/m0/s1. The van der Waals surface area contributed by atoms with Crippen molar-refractivity contribution in [3.05, 3.63) is 35.9 Å². The number of rotatable bonds is 6. The van der Waals surface area contributed by atoms with E-state index >= 15 is 0 Å². The van der Waals surface area contributed by atoms with Crippen LogP contribution < -0.4 is 10.6 Å². The Morgan fingerprint density at radius 3 is 2.21 bits per heavy atom. The molecule has 0 bridgehead atoms. The number of carbonyl (C=O) groups excluding carboxylic acids is 2. The average Bonchev–Trinajstić information content (AvgIpc) is 2.44. The predicted molar refractivity (Wildman–Crippen MR) is 92.6 cm³/mol. The fraction of sp³-hybridized carbons (Fsp3) is 0.556. The average molecular weight is 336 g/mol. The highest BCUT2D eigenvalue weighted by molar-refractivity contribution is 5.82. The molecule has 0 saturated heterocycles. The van der Waals surface area contributed by atoms with Crippen LogP contribution in [0.25, 0.3) is 0 Å². The van der Waals surface area contributed by atoms with Gasteiger partial charge < -0.3 is 20.5 Å². The van der Waals surface area contributed by atoms with E-state index in [2.05, 4.69) is 10.6 Å². The maximum absolute atomic E-state index is 12.1. The third kappa shape index (κ3) is 7.46. The van der Waals surface area contributed by atoms with Crippen LogP contribution in [0.2, 0.25) is 0 Å². The number of benzene rings is 1. The molecule has 1 unspecified atom stereocenters. The van der Waals surface area contributed by atoms with Crippen molar-refractivity contribution in [2.24, 2.45) is 0 Å². The molecule has 1 aromatic carbocycles. The summed E-state index contributed by atoms with van der Waals surface area (Å²) in [5.74, 6) is -0.526. The molecule has 0 saturated carbocycles. The van der Waals surface area contributed by atoms with Gasteiger partial charge in [-0.25, -0.2) is 4.79 Å². The summed E-state index contributed by atoms with van der Waals surface area (Å²) in [4.78, 5) is 24.1. The van der Waals surface area contributed by atoms with E-state index in [1.54, 1.807) is 34.6 Å². The third-order valence-electron chi connectivity index (χ3n) is 3.08. The number of alkyl carbamates (subject to hydrolysis) is 1. The van der Waals surface area contributed by atoms with E-state index in [1.165, 1.54) is 0 Å². The van der Waals surface area contributed by atoms with Crippen molar-refractivity contribution in [3.63, 3.8) is 0 Å². The number of nitrogens with one attached hydrogen (secondary N) is 2. The van der Waals surface area contributed by atoms with Crippen LogP contribution in [0.15, 0.2) is 30.3 Å². The van der Waals surface area contributed by atoms with Crippen LogP contribution in [0.5, 0.6) is 0 Å². The maximum atomic E-state index is 12.1. The number of aliphatic hydroxyl groups excluding tert-OH is 1. The SMILES string of the molecule is CC(C)NC(=O)C(O)[C@H](Cc1ccccc1)NC(=O)OC(C)(C)C. The van der Waals surface area contributed by atoms with E-state index in [1.807, 2.05) is 30.3 Å². The predicted octanol–water partition coefficient (Wildman–Crippen LogP) is 2.01. The Labute approximate surface area is 143 Å². The molecule has 134 valence electrons. The highest BCUT2D eigenvalue weighted by atomic mass is 16.6. The fourth-order valence-electron chi connectivity index (χ4n) is 2.12. The fourth-order valence-corrected chi connectivity index (χ4v) is 2.12. The van der Waals surface area contributed by atoms with Crippen LogP contribution >= 0.6 is 0 Å². The summed E-state index contributed by atoms with van der Waals surface area (Å²) in [6, 6.07) is 8.45. The Morgan fingerprint density at radius 2 is 1.71 bits per heavy atom. The van der Waals surface area contributed by atoms with Gasteiger partial charge in [0, 0.05) is 6.04 Å². The Balaban J connectivity index is 2.86. The van der Waals surface area contributed by atoms with Gasteiger partial charge in [0.05, 0.1) is 6.04 Å². The Bertz CT molecular complexity index is 538. The van der Waals surface area contributed by atoms with Crippen LogP contribution in [0.4, 0.5) is 4.79 Å². The molecule has 2 amide bonds. The first kappa shape index (κ1) is 20.0. The van der Waals surface area contributed by atoms with Gasteiger partial charge in [0.2, 0.25) is 0 Å². The zero-order valence-electron chi connectivity index (χ0n) is 15.0. The van der Waals surface area contributed by atoms with E-state index in [4.69, 9.17) is 4.74 Å². The first-order valence-corrected chi connectivity index (χ1v) is 8.10. The lowest BCUT2D eigenvalue weighted by Gasteiger charge is -2.26. The molecular weight excluding hydrogens is 308 g/mol. The van der Waals surface area contributed by atoms with Crippen LogP contribution in [0.1, 0.15) is 40.2 Å². The Kier molecular flexibility index (Phi) is 7.22. The number of amides is 2. The van der Waals surface area contributed by atoms with Crippen molar-refractivity contribution in [1.82, 2.24) is 10.6 Å². The minimum atomic E-state index is -1.37. The van der Waals surface area contributed by atoms with Gasteiger partial charge in [0.25, 0.3) is 5.91 Å². The van der Waals surface area contributed by atoms with Crippen LogP contribution in [0, 0.1) is 0 Å². The molecular formula is C18H28N2O4. The lowest BCUT2D eigenvalue weighted by Crippen LogP contribution is -2.53. The number of aliphatic hydroxyl groups is 1. The highest BCUT2D eigenvalue weighted by Gasteiger charge is 2.29. The van der Waals surface area contributed by atoms with Crippen molar-refractivity contribution < 1.29 is 19.4 Å².